The number of carboxylic acid groups (broad SMARTS) is 1. The van der Waals surface area contributed by atoms with Crippen molar-refractivity contribution in [2.75, 3.05) is 5.75 Å². The Bertz CT molecular complexity index is 410. The van der Waals surface area contributed by atoms with E-state index in [0.29, 0.717) is 9.37 Å². The number of aliphatic carboxylic acids is 1. The van der Waals surface area contributed by atoms with Gasteiger partial charge in [0.05, 0.1) is 15.6 Å². The van der Waals surface area contributed by atoms with Gasteiger partial charge in [-0.25, -0.2) is 0 Å². The second-order valence-corrected chi connectivity index (χ2v) is 4.37. The van der Waals surface area contributed by atoms with Crippen LogP contribution < -0.4 is 0 Å². The number of nitro groups is 1. The molecule has 1 rings (SSSR count). The summed E-state index contributed by atoms with van der Waals surface area (Å²) < 4.78 is 0.531. The number of carbonyl (C=O) groups is 1. The van der Waals surface area contributed by atoms with Crippen LogP contribution in [0.3, 0.4) is 0 Å². The van der Waals surface area contributed by atoms with Crippen LogP contribution in [-0.4, -0.2) is 21.8 Å². The third-order valence-electron chi connectivity index (χ3n) is 1.48. The fourth-order valence-corrected chi connectivity index (χ4v) is 2.38. The lowest BCUT2D eigenvalue weighted by atomic mass is 10.3. The van der Waals surface area contributed by atoms with Gasteiger partial charge in [-0.3, -0.25) is 14.9 Å². The molecule has 1 aromatic rings. The third kappa shape index (κ3) is 3.21. The second kappa shape index (κ2) is 5.13. The summed E-state index contributed by atoms with van der Waals surface area (Å²) in [5.74, 6) is -1.21. The molecule has 0 fully saturated rings. The maximum atomic E-state index is 10.6. The van der Waals surface area contributed by atoms with Crippen molar-refractivity contribution in [2.45, 2.75) is 4.90 Å². The van der Waals surface area contributed by atoms with Gasteiger partial charge in [-0.2, -0.15) is 0 Å². The summed E-state index contributed by atoms with van der Waals surface area (Å²) in [6.45, 7) is 0. The average Bonchev–Trinajstić information content (AvgIpc) is 2.15. The first-order valence-corrected chi connectivity index (χ1v) is 5.57. The lowest BCUT2D eigenvalue weighted by molar-refractivity contribution is -0.387. The van der Waals surface area contributed by atoms with E-state index in [-0.39, 0.29) is 11.4 Å². The summed E-state index contributed by atoms with van der Waals surface area (Å²) in [5.41, 5.74) is -0.0874. The highest BCUT2D eigenvalue weighted by atomic mass is 79.9. The molecule has 0 heterocycles. The predicted molar refractivity (Wildman–Crippen MR) is 59.2 cm³/mol. The molecule has 0 aliphatic heterocycles. The zero-order valence-electron chi connectivity index (χ0n) is 7.34. The monoisotopic (exact) mass is 291 g/mol. The van der Waals surface area contributed by atoms with E-state index in [2.05, 4.69) is 15.9 Å². The summed E-state index contributed by atoms with van der Waals surface area (Å²) in [7, 11) is 0. The van der Waals surface area contributed by atoms with Gasteiger partial charge in [0.2, 0.25) is 0 Å². The van der Waals surface area contributed by atoms with E-state index in [1.807, 2.05) is 0 Å². The summed E-state index contributed by atoms with van der Waals surface area (Å²) in [5, 5.41) is 19.1. The topological polar surface area (TPSA) is 80.4 Å². The van der Waals surface area contributed by atoms with Gasteiger partial charge in [0.1, 0.15) is 0 Å². The van der Waals surface area contributed by atoms with Gasteiger partial charge in [-0.05, 0) is 22.0 Å². The fraction of sp³-hybridized carbons (Fsp3) is 0.125. The van der Waals surface area contributed by atoms with Crippen molar-refractivity contribution in [3.05, 3.63) is 32.8 Å². The molecule has 0 spiro atoms. The van der Waals surface area contributed by atoms with Crippen LogP contribution in [0.25, 0.3) is 0 Å². The molecule has 0 unspecified atom stereocenters. The molecule has 1 aromatic carbocycles. The first-order chi connectivity index (χ1) is 7.02. The normalized spacial score (nSPS) is 9.93. The van der Waals surface area contributed by atoms with Crippen molar-refractivity contribution in [3.63, 3.8) is 0 Å². The molecule has 0 atom stereocenters. The Kier molecular flexibility index (Phi) is 4.10. The average molecular weight is 292 g/mol. The first-order valence-electron chi connectivity index (χ1n) is 3.80. The van der Waals surface area contributed by atoms with Gasteiger partial charge in [0.25, 0.3) is 5.69 Å². The molecule has 0 saturated carbocycles. The molecule has 0 bridgehead atoms. The Morgan fingerprint density at radius 3 is 2.80 bits per heavy atom. The number of benzene rings is 1. The van der Waals surface area contributed by atoms with Gasteiger partial charge in [0, 0.05) is 10.5 Å². The first kappa shape index (κ1) is 12.0. The number of hydrogen-bond donors (Lipinski definition) is 1. The number of rotatable bonds is 4. The highest BCUT2D eigenvalue weighted by molar-refractivity contribution is 9.10. The quantitative estimate of drug-likeness (QED) is 0.524. The van der Waals surface area contributed by atoms with E-state index >= 15 is 0 Å². The largest absolute Gasteiger partial charge is 0.481 e. The van der Waals surface area contributed by atoms with Crippen LogP contribution in [0.1, 0.15) is 0 Å². The molecular weight excluding hydrogens is 286 g/mol. The van der Waals surface area contributed by atoms with E-state index in [1.165, 1.54) is 12.1 Å². The molecule has 1 N–H and O–H groups in total. The van der Waals surface area contributed by atoms with Crippen molar-refractivity contribution in [1.29, 1.82) is 0 Å². The molecule has 0 amide bonds. The van der Waals surface area contributed by atoms with Crippen molar-refractivity contribution >= 4 is 39.3 Å². The van der Waals surface area contributed by atoms with Crippen molar-refractivity contribution in [3.8, 4) is 0 Å². The molecule has 80 valence electrons. The van der Waals surface area contributed by atoms with Crippen molar-refractivity contribution < 1.29 is 14.8 Å². The summed E-state index contributed by atoms with van der Waals surface area (Å²) in [6.07, 6.45) is 0. The Balaban J connectivity index is 3.02. The van der Waals surface area contributed by atoms with E-state index in [1.54, 1.807) is 6.07 Å². The maximum absolute atomic E-state index is 10.6. The molecule has 15 heavy (non-hydrogen) atoms. The molecule has 0 aliphatic rings. The Morgan fingerprint density at radius 2 is 2.27 bits per heavy atom. The van der Waals surface area contributed by atoms with Crippen molar-refractivity contribution in [1.82, 2.24) is 0 Å². The van der Waals surface area contributed by atoms with Crippen LogP contribution in [-0.2, 0) is 4.79 Å². The maximum Gasteiger partial charge on any atom is 0.313 e. The third-order valence-corrected chi connectivity index (χ3v) is 3.52. The molecule has 0 radical (unpaired) electrons. The molecule has 7 heteroatoms. The molecule has 5 nitrogen and oxygen atoms in total. The molecule has 0 aromatic heterocycles. The Labute approximate surface area is 97.8 Å². The number of nitro benzene ring substituents is 1. The lowest BCUT2D eigenvalue weighted by Crippen LogP contribution is -1.99. The van der Waals surface area contributed by atoms with Gasteiger partial charge in [-0.1, -0.05) is 6.07 Å². The summed E-state index contributed by atoms with van der Waals surface area (Å²) >= 11 is 4.07. The number of nitrogens with zero attached hydrogens (tertiary/aromatic N) is 1. The van der Waals surface area contributed by atoms with Crippen LogP contribution in [0.2, 0.25) is 0 Å². The lowest BCUT2D eigenvalue weighted by Gasteiger charge is -2.02. The van der Waals surface area contributed by atoms with Crippen molar-refractivity contribution in [2.24, 2.45) is 0 Å². The highest BCUT2D eigenvalue weighted by Crippen LogP contribution is 2.35. The van der Waals surface area contributed by atoms with E-state index < -0.39 is 10.9 Å². The van der Waals surface area contributed by atoms with Crippen LogP contribution in [0.4, 0.5) is 5.69 Å². The summed E-state index contributed by atoms with van der Waals surface area (Å²) in [6, 6.07) is 4.51. The van der Waals surface area contributed by atoms with E-state index in [0.717, 1.165) is 11.8 Å². The number of halogens is 1. The van der Waals surface area contributed by atoms with E-state index in [9.17, 15) is 14.9 Å². The standard InChI is InChI=1S/C8H6BrNO4S/c9-5-2-1-3-6(10(13)14)8(5)15-4-7(11)12/h1-3H,4H2,(H,11,12). The minimum absolute atomic E-state index is 0.0874. The predicted octanol–water partition coefficient (Wildman–Crippen LogP) is 2.53. The second-order valence-electron chi connectivity index (χ2n) is 2.53. The minimum atomic E-state index is -1.01. The molecule has 0 aliphatic carbocycles. The van der Waals surface area contributed by atoms with Gasteiger partial charge in [0.15, 0.2) is 0 Å². The minimum Gasteiger partial charge on any atom is -0.481 e. The Morgan fingerprint density at radius 1 is 1.60 bits per heavy atom. The highest BCUT2D eigenvalue weighted by Gasteiger charge is 2.17. The molecular formula is C8H6BrNO4S. The summed E-state index contributed by atoms with van der Waals surface area (Å²) in [4.78, 5) is 20.8. The number of carboxylic acids is 1. The fourth-order valence-electron chi connectivity index (χ4n) is 0.918. The number of thioether (sulfide) groups is 1. The molecule has 0 saturated heterocycles. The zero-order chi connectivity index (χ0) is 11.4. The zero-order valence-corrected chi connectivity index (χ0v) is 9.75. The van der Waals surface area contributed by atoms with E-state index in [4.69, 9.17) is 5.11 Å². The van der Waals surface area contributed by atoms with Gasteiger partial charge < -0.3 is 5.11 Å². The van der Waals surface area contributed by atoms with Gasteiger partial charge >= 0.3 is 5.97 Å². The SMILES string of the molecule is O=C(O)CSc1c(Br)cccc1[N+](=O)[O-]. The van der Waals surface area contributed by atoms with Gasteiger partial charge in [-0.15, -0.1) is 11.8 Å². The van der Waals surface area contributed by atoms with Crippen LogP contribution in [0.5, 0.6) is 0 Å². The number of hydrogen-bond acceptors (Lipinski definition) is 4. The smallest absolute Gasteiger partial charge is 0.313 e. The van der Waals surface area contributed by atoms with Crippen LogP contribution in [0.15, 0.2) is 27.6 Å². The Hall–Kier alpha value is -1.08. The van der Waals surface area contributed by atoms with Crippen LogP contribution >= 0.6 is 27.7 Å². The van der Waals surface area contributed by atoms with Crippen LogP contribution in [0, 0.1) is 10.1 Å².